The molecule has 0 amide bonds. The van der Waals surface area contributed by atoms with E-state index in [1.165, 1.54) is 25.3 Å². The number of hydrogen-bond donors (Lipinski definition) is 0. The molecule has 0 bridgehead atoms. The van der Waals surface area contributed by atoms with Crippen molar-refractivity contribution < 1.29 is 13.9 Å². The van der Waals surface area contributed by atoms with Crippen molar-refractivity contribution in [2.45, 2.75) is 0 Å². The highest BCUT2D eigenvalue weighted by atomic mass is 35.5. The fourth-order valence-corrected chi connectivity index (χ4v) is 1.85. The largest absolute Gasteiger partial charge is 0.497 e. The van der Waals surface area contributed by atoms with E-state index >= 15 is 0 Å². The highest BCUT2D eigenvalue weighted by molar-refractivity contribution is 6.35. The molecule has 2 aromatic carbocycles. The van der Waals surface area contributed by atoms with Crippen LogP contribution in [0.3, 0.4) is 0 Å². The van der Waals surface area contributed by atoms with E-state index in [4.69, 9.17) is 16.3 Å². The highest BCUT2D eigenvalue weighted by Gasteiger charge is 2.13. The maximum Gasteiger partial charge on any atom is 0.194 e. The lowest BCUT2D eigenvalue weighted by Gasteiger charge is -2.06. The first-order valence-electron chi connectivity index (χ1n) is 5.25. The maximum atomic E-state index is 13.1. The first-order valence-corrected chi connectivity index (χ1v) is 5.63. The molecular weight excluding hydrogens is 255 g/mol. The molecule has 0 aliphatic rings. The second-order valence-corrected chi connectivity index (χ2v) is 4.09. The molecule has 0 aliphatic carbocycles. The fraction of sp³-hybridized carbons (Fsp3) is 0.0714. The summed E-state index contributed by atoms with van der Waals surface area (Å²) in [6.07, 6.45) is 0. The molecule has 0 saturated heterocycles. The van der Waals surface area contributed by atoms with E-state index in [1.54, 1.807) is 24.3 Å². The second-order valence-electron chi connectivity index (χ2n) is 3.69. The Hall–Kier alpha value is -1.87. The van der Waals surface area contributed by atoms with Crippen LogP contribution in [0.4, 0.5) is 4.39 Å². The van der Waals surface area contributed by atoms with Gasteiger partial charge in [-0.2, -0.15) is 0 Å². The SMILES string of the molecule is COc1ccc(C(=O)c2cccc(F)c2)c(Cl)c1. The molecule has 0 spiro atoms. The predicted molar refractivity (Wildman–Crippen MR) is 67.8 cm³/mol. The molecule has 2 aromatic rings. The zero-order valence-electron chi connectivity index (χ0n) is 9.61. The Morgan fingerprint density at radius 3 is 2.61 bits per heavy atom. The minimum atomic E-state index is -0.453. The molecule has 0 N–H and O–H groups in total. The number of rotatable bonds is 3. The van der Waals surface area contributed by atoms with Crippen LogP contribution in [-0.4, -0.2) is 12.9 Å². The molecule has 0 radical (unpaired) electrons. The number of hydrogen-bond acceptors (Lipinski definition) is 2. The molecule has 92 valence electrons. The summed E-state index contributed by atoms with van der Waals surface area (Å²) in [5.41, 5.74) is 0.588. The van der Waals surface area contributed by atoms with Crippen molar-refractivity contribution in [3.63, 3.8) is 0 Å². The standard InChI is InChI=1S/C14H10ClFO2/c1-18-11-5-6-12(13(15)8-11)14(17)9-3-2-4-10(16)7-9/h2-8H,1H3. The van der Waals surface area contributed by atoms with Crippen molar-refractivity contribution in [1.29, 1.82) is 0 Å². The van der Waals surface area contributed by atoms with E-state index < -0.39 is 5.82 Å². The molecular formula is C14H10ClFO2. The molecule has 4 heteroatoms. The van der Waals surface area contributed by atoms with Gasteiger partial charge in [-0.3, -0.25) is 4.79 Å². The molecule has 0 aromatic heterocycles. The summed E-state index contributed by atoms with van der Waals surface area (Å²) < 4.78 is 18.1. The number of carbonyl (C=O) groups excluding carboxylic acids is 1. The van der Waals surface area contributed by atoms with Gasteiger partial charge in [0.15, 0.2) is 5.78 Å². The van der Waals surface area contributed by atoms with Gasteiger partial charge < -0.3 is 4.74 Å². The van der Waals surface area contributed by atoms with Gasteiger partial charge in [-0.05, 0) is 30.3 Å². The summed E-state index contributed by atoms with van der Waals surface area (Å²) in [7, 11) is 1.51. The summed E-state index contributed by atoms with van der Waals surface area (Å²) in [6.45, 7) is 0. The van der Waals surface area contributed by atoms with Crippen LogP contribution in [0, 0.1) is 5.82 Å². The Labute approximate surface area is 109 Å². The van der Waals surface area contributed by atoms with Crippen molar-refractivity contribution in [2.24, 2.45) is 0 Å². The Morgan fingerprint density at radius 1 is 1.22 bits per heavy atom. The predicted octanol–water partition coefficient (Wildman–Crippen LogP) is 3.72. The van der Waals surface area contributed by atoms with Crippen LogP contribution in [0.2, 0.25) is 5.02 Å². The van der Waals surface area contributed by atoms with E-state index in [0.29, 0.717) is 11.3 Å². The van der Waals surface area contributed by atoms with E-state index in [1.807, 2.05) is 0 Å². The quantitative estimate of drug-likeness (QED) is 0.790. The minimum absolute atomic E-state index is 0.266. The van der Waals surface area contributed by atoms with Gasteiger partial charge in [-0.25, -0.2) is 4.39 Å². The summed E-state index contributed by atoms with van der Waals surface area (Å²) >= 11 is 6.00. The van der Waals surface area contributed by atoms with Gasteiger partial charge in [0.1, 0.15) is 11.6 Å². The number of halogens is 2. The topological polar surface area (TPSA) is 26.3 Å². The van der Waals surface area contributed by atoms with Crippen molar-refractivity contribution in [1.82, 2.24) is 0 Å². The summed E-state index contributed by atoms with van der Waals surface area (Å²) in [4.78, 5) is 12.1. The average Bonchev–Trinajstić information content (AvgIpc) is 2.37. The normalized spacial score (nSPS) is 10.2. The van der Waals surface area contributed by atoms with Crippen LogP contribution in [0.1, 0.15) is 15.9 Å². The van der Waals surface area contributed by atoms with Crippen molar-refractivity contribution >= 4 is 17.4 Å². The smallest absolute Gasteiger partial charge is 0.194 e. The molecule has 0 saturated carbocycles. The lowest BCUT2D eigenvalue weighted by molar-refractivity contribution is 0.103. The van der Waals surface area contributed by atoms with Gasteiger partial charge in [0, 0.05) is 11.1 Å². The van der Waals surface area contributed by atoms with Gasteiger partial charge in [-0.1, -0.05) is 23.7 Å². The number of carbonyl (C=O) groups is 1. The molecule has 2 nitrogen and oxygen atoms in total. The zero-order valence-corrected chi connectivity index (χ0v) is 10.4. The maximum absolute atomic E-state index is 13.1. The number of ketones is 1. The van der Waals surface area contributed by atoms with Gasteiger partial charge in [0.05, 0.1) is 12.1 Å². The molecule has 0 unspecified atom stereocenters. The first kappa shape index (κ1) is 12.6. The second kappa shape index (κ2) is 5.19. The third-order valence-electron chi connectivity index (χ3n) is 2.51. The van der Waals surface area contributed by atoms with E-state index in [9.17, 15) is 9.18 Å². The lowest BCUT2D eigenvalue weighted by atomic mass is 10.0. The van der Waals surface area contributed by atoms with E-state index in [-0.39, 0.29) is 16.4 Å². The number of methoxy groups -OCH3 is 1. The minimum Gasteiger partial charge on any atom is -0.497 e. The fourth-order valence-electron chi connectivity index (χ4n) is 1.59. The van der Waals surface area contributed by atoms with Gasteiger partial charge in [-0.15, -0.1) is 0 Å². The molecule has 0 heterocycles. The molecule has 2 rings (SSSR count). The van der Waals surface area contributed by atoms with Crippen molar-refractivity contribution in [2.75, 3.05) is 7.11 Å². The molecule has 0 aliphatic heterocycles. The van der Waals surface area contributed by atoms with E-state index in [2.05, 4.69) is 0 Å². The third kappa shape index (κ3) is 2.51. The van der Waals surface area contributed by atoms with Gasteiger partial charge in [0.2, 0.25) is 0 Å². The van der Waals surface area contributed by atoms with Crippen molar-refractivity contribution in [3.05, 3.63) is 64.4 Å². The van der Waals surface area contributed by atoms with Crippen LogP contribution < -0.4 is 4.74 Å². The lowest BCUT2D eigenvalue weighted by Crippen LogP contribution is -2.02. The monoisotopic (exact) mass is 264 g/mol. The summed E-state index contributed by atoms with van der Waals surface area (Å²) in [5, 5.41) is 0.281. The zero-order chi connectivity index (χ0) is 13.1. The van der Waals surface area contributed by atoms with Crippen LogP contribution >= 0.6 is 11.6 Å². The Morgan fingerprint density at radius 2 is 2.00 bits per heavy atom. The van der Waals surface area contributed by atoms with Crippen LogP contribution in [0.15, 0.2) is 42.5 Å². The Balaban J connectivity index is 2.40. The van der Waals surface area contributed by atoms with Gasteiger partial charge >= 0.3 is 0 Å². The summed E-state index contributed by atoms with van der Waals surface area (Å²) in [5.74, 6) is -0.205. The van der Waals surface area contributed by atoms with Crippen LogP contribution in [0.25, 0.3) is 0 Å². The first-order chi connectivity index (χ1) is 8.61. The molecule has 0 atom stereocenters. The number of benzene rings is 2. The van der Waals surface area contributed by atoms with E-state index in [0.717, 1.165) is 0 Å². The van der Waals surface area contributed by atoms with Gasteiger partial charge in [0.25, 0.3) is 0 Å². The van der Waals surface area contributed by atoms with Crippen LogP contribution in [-0.2, 0) is 0 Å². The Kier molecular flexibility index (Phi) is 3.63. The summed E-state index contributed by atoms with van der Waals surface area (Å²) in [6, 6.07) is 10.3. The molecule has 18 heavy (non-hydrogen) atoms. The highest BCUT2D eigenvalue weighted by Crippen LogP contribution is 2.24. The van der Waals surface area contributed by atoms with Crippen molar-refractivity contribution in [3.8, 4) is 5.75 Å². The van der Waals surface area contributed by atoms with Crippen LogP contribution in [0.5, 0.6) is 5.75 Å². The average molecular weight is 265 g/mol. The molecule has 0 fully saturated rings. The third-order valence-corrected chi connectivity index (χ3v) is 2.82. The number of ether oxygens (including phenoxy) is 1. The Bertz CT molecular complexity index is 596.